The molecule has 5 heterocycles. The molecular formula is C20H22N6O. The highest BCUT2D eigenvalue weighted by atomic mass is 16.2. The van der Waals surface area contributed by atoms with Gasteiger partial charge in [0.05, 0.1) is 18.0 Å². The molecule has 3 unspecified atom stereocenters. The number of benzene rings is 1. The van der Waals surface area contributed by atoms with Gasteiger partial charge < -0.3 is 9.80 Å². The van der Waals surface area contributed by atoms with Crippen molar-refractivity contribution in [3.05, 3.63) is 53.9 Å². The fourth-order valence-electron chi connectivity index (χ4n) is 4.32. The number of rotatable bonds is 3. The van der Waals surface area contributed by atoms with E-state index >= 15 is 0 Å². The van der Waals surface area contributed by atoms with Crippen LogP contribution in [0.5, 0.6) is 0 Å². The van der Waals surface area contributed by atoms with Crippen LogP contribution in [-0.2, 0) is 4.79 Å². The molecule has 6 rings (SSSR count). The highest BCUT2D eigenvalue weighted by Crippen LogP contribution is 2.36. The van der Waals surface area contributed by atoms with Crippen LogP contribution in [0.25, 0.3) is 5.65 Å². The molecule has 1 amide bonds. The fourth-order valence-corrected chi connectivity index (χ4v) is 4.32. The number of carbonyl (C=O) groups excluding carboxylic acids is 1. The Balaban J connectivity index is 1.33. The summed E-state index contributed by atoms with van der Waals surface area (Å²) >= 11 is 0. The van der Waals surface area contributed by atoms with E-state index in [4.69, 9.17) is 0 Å². The Morgan fingerprint density at radius 2 is 1.81 bits per heavy atom. The highest BCUT2D eigenvalue weighted by Gasteiger charge is 2.48. The minimum absolute atomic E-state index is 0.0998. The summed E-state index contributed by atoms with van der Waals surface area (Å²) in [4.78, 5) is 17.4. The van der Waals surface area contributed by atoms with Crippen LogP contribution in [0.3, 0.4) is 0 Å². The number of piperazine rings is 1. The number of hydrogen-bond donors (Lipinski definition) is 0. The molecule has 2 aromatic heterocycles. The normalized spacial score (nSPS) is 22.6. The maximum absolute atomic E-state index is 13.0. The lowest BCUT2D eigenvalue weighted by Crippen LogP contribution is -2.70. The quantitative estimate of drug-likeness (QED) is 0.713. The molecule has 0 saturated carbocycles. The van der Waals surface area contributed by atoms with Crippen molar-refractivity contribution in [1.82, 2.24) is 24.7 Å². The molecule has 0 radical (unpaired) electrons. The van der Waals surface area contributed by atoms with Crippen molar-refractivity contribution in [3.8, 4) is 0 Å². The van der Waals surface area contributed by atoms with Gasteiger partial charge in [0.15, 0.2) is 11.5 Å². The van der Waals surface area contributed by atoms with Gasteiger partial charge in [-0.2, -0.15) is 4.52 Å². The van der Waals surface area contributed by atoms with E-state index in [0.717, 1.165) is 42.4 Å². The molecule has 3 saturated heterocycles. The summed E-state index contributed by atoms with van der Waals surface area (Å²) in [5, 5.41) is 12.8. The minimum Gasteiger partial charge on any atom is -0.351 e. The van der Waals surface area contributed by atoms with Gasteiger partial charge in [-0.15, -0.1) is 15.3 Å². The summed E-state index contributed by atoms with van der Waals surface area (Å²) in [6.07, 6.45) is 1.08. The van der Waals surface area contributed by atoms with Gasteiger partial charge in [0, 0.05) is 13.1 Å². The molecule has 3 aromatic rings. The molecule has 0 N–H and O–H groups in total. The summed E-state index contributed by atoms with van der Waals surface area (Å²) in [5.41, 5.74) is 1.84. The molecule has 7 nitrogen and oxygen atoms in total. The topological polar surface area (TPSA) is 66.6 Å². The number of nitrogens with zero attached hydrogens (tertiary/aromatic N) is 6. The van der Waals surface area contributed by atoms with Gasteiger partial charge in [0.25, 0.3) is 0 Å². The third-order valence-corrected chi connectivity index (χ3v) is 5.85. The minimum atomic E-state index is -0.0998. The van der Waals surface area contributed by atoms with E-state index in [2.05, 4.69) is 25.1 Å². The number of aryl methyl sites for hydroxylation is 1. The standard InChI is InChI=1S/C20H22N6O/c1-13(15-6-4-3-5-7-15)20(27)25-16-10-17(25)12-24(11-16)19-9-8-18-22-21-14(2)26(18)23-19/h3-9,13,16-17H,10-12H2,1-2H3. The van der Waals surface area contributed by atoms with Gasteiger partial charge in [0.1, 0.15) is 5.82 Å². The third kappa shape index (κ3) is 2.57. The fraction of sp³-hybridized carbons (Fsp3) is 0.400. The van der Waals surface area contributed by atoms with Crippen molar-refractivity contribution in [2.24, 2.45) is 0 Å². The second kappa shape index (κ2) is 6.04. The Hall–Kier alpha value is -2.96. The van der Waals surface area contributed by atoms with E-state index in [0.29, 0.717) is 0 Å². The van der Waals surface area contributed by atoms with Crippen LogP contribution in [-0.4, -0.2) is 55.8 Å². The second-order valence-electron chi connectivity index (χ2n) is 7.53. The molecule has 138 valence electrons. The van der Waals surface area contributed by atoms with E-state index in [-0.39, 0.29) is 23.9 Å². The van der Waals surface area contributed by atoms with E-state index in [9.17, 15) is 4.79 Å². The number of carbonyl (C=O) groups is 1. The predicted molar refractivity (Wildman–Crippen MR) is 102 cm³/mol. The summed E-state index contributed by atoms with van der Waals surface area (Å²) in [7, 11) is 0. The van der Waals surface area contributed by atoms with E-state index in [1.54, 1.807) is 4.52 Å². The van der Waals surface area contributed by atoms with Gasteiger partial charge in [-0.3, -0.25) is 4.79 Å². The molecule has 0 aliphatic carbocycles. The van der Waals surface area contributed by atoms with Crippen molar-refractivity contribution >= 4 is 17.4 Å². The van der Waals surface area contributed by atoms with Crippen LogP contribution in [0.2, 0.25) is 0 Å². The predicted octanol–water partition coefficient (Wildman–Crippen LogP) is 2.03. The molecule has 1 aromatic carbocycles. The molecule has 3 aliphatic rings. The molecule has 2 bridgehead atoms. The SMILES string of the molecule is Cc1nnc2ccc(N3CC4CC(C3)N4C(=O)C(C)c3ccccc3)nn12. The van der Waals surface area contributed by atoms with Gasteiger partial charge >= 0.3 is 0 Å². The molecule has 0 spiro atoms. The van der Waals surface area contributed by atoms with Crippen molar-refractivity contribution in [2.45, 2.75) is 38.3 Å². The number of anilines is 1. The maximum atomic E-state index is 13.0. The van der Waals surface area contributed by atoms with Crippen molar-refractivity contribution in [1.29, 1.82) is 0 Å². The average molecular weight is 362 g/mol. The Morgan fingerprint density at radius 3 is 2.56 bits per heavy atom. The summed E-state index contributed by atoms with van der Waals surface area (Å²) < 4.78 is 1.77. The maximum Gasteiger partial charge on any atom is 0.230 e. The zero-order valence-corrected chi connectivity index (χ0v) is 15.5. The Bertz CT molecular complexity index is 988. The van der Waals surface area contributed by atoms with Gasteiger partial charge in [-0.25, -0.2) is 0 Å². The number of hydrogen-bond acceptors (Lipinski definition) is 5. The number of fused-ring (bicyclic) bond motifs is 3. The lowest BCUT2D eigenvalue weighted by atomic mass is 9.85. The summed E-state index contributed by atoms with van der Waals surface area (Å²) in [6.45, 7) is 5.55. The van der Waals surface area contributed by atoms with Crippen LogP contribution >= 0.6 is 0 Å². The van der Waals surface area contributed by atoms with Crippen LogP contribution in [0.4, 0.5) is 5.82 Å². The number of amides is 1. The monoisotopic (exact) mass is 362 g/mol. The molecule has 3 aliphatic heterocycles. The average Bonchev–Trinajstić information content (AvgIpc) is 3.08. The lowest BCUT2D eigenvalue weighted by Gasteiger charge is -2.57. The molecule has 7 heteroatoms. The first-order chi connectivity index (χ1) is 13.1. The first kappa shape index (κ1) is 16.2. The zero-order chi connectivity index (χ0) is 18.5. The van der Waals surface area contributed by atoms with Gasteiger partial charge in [0.2, 0.25) is 5.91 Å². The highest BCUT2D eigenvalue weighted by molar-refractivity contribution is 5.85. The Kier molecular flexibility index (Phi) is 3.63. The zero-order valence-electron chi connectivity index (χ0n) is 15.5. The lowest BCUT2D eigenvalue weighted by molar-refractivity contribution is -0.147. The number of piperidine rings is 1. The Morgan fingerprint density at radius 1 is 1.07 bits per heavy atom. The van der Waals surface area contributed by atoms with Gasteiger partial charge in [-0.1, -0.05) is 30.3 Å². The largest absolute Gasteiger partial charge is 0.351 e. The first-order valence-corrected chi connectivity index (χ1v) is 9.43. The van der Waals surface area contributed by atoms with Crippen LogP contribution in [0, 0.1) is 6.92 Å². The molecule has 3 atom stereocenters. The molecule has 3 fully saturated rings. The van der Waals surface area contributed by atoms with Crippen LogP contribution in [0.1, 0.15) is 30.7 Å². The third-order valence-electron chi connectivity index (χ3n) is 5.85. The van der Waals surface area contributed by atoms with Crippen molar-refractivity contribution in [2.75, 3.05) is 18.0 Å². The molecule has 27 heavy (non-hydrogen) atoms. The van der Waals surface area contributed by atoms with Crippen molar-refractivity contribution < 1.29 is 4.79 Å². The molecular weight excluding hydrogens is 340 g/mol. The number of aromatic nitrogens is 4. The smallest absolute Gasteiger partial charge is 0.230 e. The Labute approximate surface area is 157 Å². The summed E-state index contributed by atoms with van der Waals surface area (Å²) in [6, 6.07) is 14.5. The first-order valence-electron chi connectivity index (χ1n) is 9.43. The van der Waals surface area contributed by atoms with E-state index in [1.807, 2.05) is 56.3 Å². The van der Waals surface area contributed by atoms with E-state index in [1.165, 1.54) is 0 Å². The van der Waals surface area contributed by atoms with E-state index < -0.39 is 0 Å². The van der Waals surface area contributed by atoms with Crippen LogP contribution < -0.4 is 4.90 Å². The van der Waals surface area contributed by atoms with Gasteiger partial charge in [-0.05, 0) is 38.0 Å². The van der Waals surface area contributed by atoms with Crippen LogP contribution in [0.15, 0.2) is 42.5 Å². The second-order valence-corrected chi connectivity index (χ2v) is 7.53. The summed E-state index contributed by atoms with van der Waals surface area (Å²) in [5.74, 6) is 1.84. The van der Waals surface area contributed by atoms with Crippen molar-refractivity contribution in [3.63, 3.8) is 0 Å².